The van der Waals surface area contributed by atoms with Gasteiger partial charge in [-0.15, -0.1) is 11.6 Å². The standard InChI is InChI=1S/C10H11ClF2O3S/c1-17(14,15)3-2-16-10-8(12)4-7(6-11)5-9(10)13/h4-5H,2-3,6H2,1H3. The smallest absolute Gasteiger partial charge is 0.190 e. The highest BCUT2D eigenvalue weighted by atomic mass is 35.5. The van der Waals surface area contributed by atoms with E-state index in [1.807, 2.05) is 0 Å². The molecule has 0 aliphatic heterocycles. The van der Waals surface area contributed by atoms with E-state index in [0.717, 1.165) is 18.4 Å². The van der Waals surface area contributed by atoms with Gasteiger partial charge in [-0.2, -0.15) is 0 Å². The van der Waals surface area contributed by atoms with Crippen molar-refractivity contribution in [3.63, 3.8) is 0 Å². The maximum Gasteiger partial charge on any atom is 0.190 e. The fraction of sp³-hybridized carbons (Fsp3) is 0.400. The van der Waals surface area contributed by atoms with Crippen LogP contribution in [-0.2, 0) is 15.7 Å². The topological polar surface area (TPSA) is 43.4 Å². The number of rotatable bonds is 5. The van der Waals surface area contributed by atoms with Crippen LogP contribution in [0.5, 0.6) is 5.75 Å². The highest BCUT2D eigenvalue weighted by Gasteiger charge is 2.13. The Labute approximate surface area is 103 Å². The summed E-state index contributed by atoms with van der Waals surface area (Å²) in [6.45, 7) is -0.299. The number of hydrogen-bond donors (Lipinski definition) is 0. The zero-order valence-corrected chi connectivity index (χ0v) is 10.6. The summed E-state index contributed by atoms with van der Waals surface area (Å²) in [5.74, 6) is -2.69. The Bertz CT molecular complexity index is 479. The molecule has 0 aliphatic rings. The van der Waals surface area contributed by atoms with Crippen LogP contribution >= 0.6 is 11.6 Å². The largest absolute Gasteiger partial charge is 0.487 e. The Hall–Kier alpha value is -0.880. The van der Waals surface area contributed by atoms with Gasteiger partial charge >= 0.3 is 0 Å². The van der Waals surface area contributed by atoms with E-state index in [4.69, 9.17) is 16.3 Å². The summed E-state index contributed by atoms with van der Waals surface area (Å²) in [6.07, 6.45) is 1.01. The second kappa shape index (κ2) is 5.64. The van der Waals surface area contributed by atoms with Gasteiger partial charge < -0.3 is 4.74 Å². The zero-order valence-electron chi connectivity index (χ0n) is 9.04. The molecule has 0 fully saturated rings. The van der Waals surface area contributed by atoms with Crippen LogP contribution in [0.1, 0.15) is 5.56 Å². The Balaban J connectivity index is 2.78. The average molecular weight is 285 g/mol. The molecule has 1 rings (SSSR count). The molecule has 0 aliphatic carbocycles. The van der Waals surface area contributed by atoms with Gasteiger partial charge in [-0.05, 0) is 17.7 Å². The normalized spacial score (nSPS) is 11.5. The lowest BCUT2D eigenvalue weighted by Gasteiger charge is -2.08. The summed E-state index contributed by atoms with van der Waals surface area (Å²) in [4.78, 5) is 0. The maximum absolute atomic E-state index is 13.3. The van der Waals surface area contributed by atoms with E-state index < -0.39 is 27.2 Å². The van der Waals surface area contributed by atoms with Crippen molar-refractivity contribution < 1.29 is 21.9 Å². The van der Waals surface area contributed by atoms with E-state index >= 15 is 0 Å². The van der Waals surface area contributed by atoms with Crippen LogP contribution in [0, 0.1) is 11.6 Å². The van der Waals surface area contributed by atoms with Gasteiger partial charge in [0.1, 0.15) is 6.61 Å². The average Bonchev–Trinajstić information content (AvgIpc) is 2.20. The molecule has 96 valence electrons. The first-order chi connectivity index (χ1) is 7.83. The molecule has 1 aromatic carbocycles. The van der Waals surface area contributed by atoms with E-state index in [0.29, 0.717) is 0 Å². The second-order valence-electron chi connectivity index (χ2n) is 3.50. The molecule has 7 heteroatoms. The maximum atomic E-state index is 13.3. The number of ether oxygens (including phenoxy) is 1. The Morgan fingerprint density at radius 2 is 1.82 bits per heavy atom. The van der Waals surface area contributed by atoms with E-state index in [1.54, 1.807) is 0 Å². The second-order valence-corrected chi connectivity index (χ2v) is 6.03. The van der Waals surface area contributed by atoms with Crippen molar-refractivity contribution >= 4 is 21.4 Å². The summed E-state index contributed by atoms with van der Waals surface area (Å²) in [5.41, 5.74) is 0.289. The molecule has 0 saturated carbocycles. The van der Waals surface area contributed by atoms with Gasteiger partial charge in [0.2, 0.25) is 0 Å². The Kier molecular flexibility index (Phi) is 4.70. The molecule has 0 radical (unpaired) electrons. The molecule has 0 aromatic heterocycles. The van der Waals surface area contributed by atoms with Gasteiger partial charge in [0.25, 0.3) is 0 Å². The minimum Gasteiger partial charge on any atom is -0.487 e. The van der Waals surface area contributed by atoms with Gasteiger partial charge in [0.15, 0.2) is 27.2 Å². The number of hydrogen-bond acceptors (Lipinski definition) is 3. The summed E-state index contributed by atoms with van der Waals surface area (Å²) in [6, 6.07) is 2.09. The molecule has 0 saturated heterocycles. The lowest BCUT2D eigenvalue weighted by atomic mass is 10.2. The predicted octanol–water partition coefficient (Wildman–Crippen LogP) is 2.13. The number of benzene rings is 1. The van der Waals surface area contributed by atoms with Crippen molar-refractivity contribution in [3.05, 3.63) is 29.3 Å². The van der Waals surface area contributed by atoms with Crippen LogP contribution in [0.15, 0.2) is 12.1 Å². The minimum absolute atomic E-state index is 0.0164. The fourth-order valence-corrected chi connectivity index (χ4v) is 1.66. The molecular weight excluding hydrogens is 274 g/mol. The van der Waals surface area contributed by atoms with Crippen molar-refractivity contribution in [2.45, 2.75) is 5.88 Å². The highest BCUT2D eigenvalue weighted by molar-refractivity contribution is 7.90. The van der Waals surface area contributed by atoms with Crippen molar-refractivity contribution in [1.82, 2.24) is 0 Å². The molecule has 0 spiro atoms. The monoisotopic (exact) mass is 284 g/mol. The summed E-state index contributed by atoms with van der Waals surface area (Å²) in [5, 5.41) is 0. The molecule has 0 amide bonds. The molecule has 0 heterocycles. The number of alkyl halides is 1. The molecular formula is C10H11ClF2O3S. The quantitative estimate of drug-likeness (QED) is 0.778. The van der Waals surface area contributed by atoms with Crippen LogP contribution in [0.3, 0.4) is 0 Å². The molecule has 0 bridgehead atoms. The Morgan fingerprint density at radius 3 is 2.24 bits per heavy atom. The fourth-order valence-electron chi connectivity index (χ4n) is 1.12. The lowest BCUT2D eigenvalue weighted by molar-refractivity contribution is 0.303. The van der Waals surface area contributed by atoms with E-state index in [-0.39, 0.29) is 23.8 Å². The van der Waals surface area contributed by atoms with E-state index in [2.05, 4.69) is 0 Å². The van der Waals surface area contributed by atoms with Gasteiger partial charge in [0.05, 0.1) is 5.75 Å². The minimum atomic E-state index is -3.22. The first-order valence-electron chi connectivity index (χ1n) is 4.68. The first-order valence-corrected chi connectivity index (χ1v) is 7.27. The van der Waals surface area contributed by atoms with E-state index in [9.17, 15) is 17.2 Å². The van der Waals surface area contributed by atoms with Crippen LogP contribution in [0.25, 0.3) is 0 Å². The molecule has 0 N–H and O–H groups in total. The van der Waals surface area contributed by atoms with Gasteiger partial charge in [0, 0.05) is 12.1 Å². The molecule has 0 unspecified atom stereocenters. The lowest BCUT2D eigenvalue weighted by Crippen LogP contribution is -2.13. The first kappa shape index (κ1) is 14.2. The van der Waals surface area contributed by atoms with Crippen molar-refractivity contribution in [2.75, 3.05) is 18.6 Å². The van der Waals surface area contributed by atoms with Crippen LogP contribution in [-0.4, -0.2) is 27.0 Å². The Morgan fingerprint density at radius 1 is 1.29 bits per heavy atom. The molecule has 0 atom stereocenters. The molecule has 17 heavy (non-hydrogen) atoms. The summed E-state index contributed by atoms with van der Waals surface area (Å²) < 4.78 is 53.1. The van der Waals surface area contributed by atoms with Crippen LogP contribution in [0.4, 0.5) is 8.78 Å². The molecule has 3 nitrogen and oxygen atoms in total. The van der Waals surface area contributed by atoms with Crippen molar-refractivity contribution in [2.24, 2.45) is 0 Å². The predicted molar refractivity (Wildman–Crippen MR) is 61.1 cm³/mol. The number of sulfone groups is 1. The SMILES string of the molecule is CS(=O)(=O)CCOc1c(F)cc(CCl)cc1F. The zero-order chi connectivity index (χ0) is 13.1. The third-order valence-corrected chi connectivity index (χ3v) is 3.13. The highest BCUT2D eigenvalue weighted by Crippen LogP contribution is 2.24. The van der Waals surface area contributed by atoms with Gasteiger partial charge in [-0.1, -0.05) is 0 Å². The van der Waals surface area contributed by atoms with Gasteiger partial charge in [-0.25, -0.2) is 17.2 Å². The van der Waals surface area contributed by atoms with E-state index in [1.165, 1.54) is 0 Å². The van der Waals surface area contributed by atoms with Crippen molar-refractivity contribution in [1.29, 1.82) is 0 Å². The van der Waals surface area contributed by atoms with Crippen LogP contribution in [0.2, 0.25) is 0 Å². The van der Waals surface area contributed by atoms with Gasteiger partial charge in [-0.3, -0.25) is 0 Å². The number of halogens is 3. The van der Waals surface area contributed by atoms with Crippen LogP contribution < -0.4 is 4.74 Å². The summed E-state index contributed by atoms with van der Waals surface area (Å²) in [7, 11) is -3.22. The molecule has 1 aromatic rings. The third kappa shape index (κ3) is 4.47. The summed E-state index contributed by atoms with van der Waals surface area (Å²) >= 11 is 5.43. The van der Waals surface area contributed by atoms with Crippen molar-refractivity contribution in [3.8, 4) is 5.75 Å². The third-order valence-electron chi connectivity index (χ3n) is 1.91.